The third kappa shape index (κ3) is 4.87. The molecule has 1 aromatic rings. The van der Waals surface area contributed by atoms with Crippen LogP contribution in [0.25, 0.3) is 0 Å². The summed E-state index contributed by atoms with van der Waals surface area (Å²) in [4.78, 5) is 11.6. The molecule has 0 heterocycles. The van der Waals surface area contributed by atoms with Crippen LogP contribution in [0.5, 0.6) is 5.75 Å². The van der Waals surface area contributed by atoms with Crippen LogP contribution < -0.4 is 15.4 Å². The number of carbonyl (C=O) groups is 1. The second-order valence-electron chi connectivity index (χ2n) is 4.06. The van der Waals surface area contributed by atoms with Gasteiger partial charge in [-0.3, -0.25) is 4.79 Å². The molecule has 1 amide bonds. The Hall–Kier alpha value is -1.55. The first kappa shape index (κ1) is 13.5. The maximum atomic E-state index is 11.6. The second kappa shape index (κ2) is 6.91. The van der Waals surface area contributed by atoms with E-state index in [0.29, 0.717) is 18.7 Å². The Morgan fingerprint density at radius 1 is 1.35 bits per heavy atom. The minimum absolute atomic E-state index is 0.0147. The van der Waals surface area contributed by atoms with Gasteiger partial charge >= 0.3 is 0 Å². The van der Waals surface area contributed by atoms with E-state index in [4.69, 9.17) is 4.74 Å². The van der Waals surface area contributed by atoms with Crippen molar-refractivity contribution >= 4 is 11.6 Å². The smallest absolute Gasteiger partial charge is 0.225 e. The van der Waals surface area contributed by atoms with E-state index in [0.717, 1.165) is 5.69 Å². The van der Waals surface area contributed by atoms with Gasteiger partial charge in [-0.1, -0.05) is 12.1 Å². The number of rotatable bonds is 6. The molecule has 0 unspecified atom stereocenters. The maximum absolute atomic E-state index is 11.6. The third-order valence-corrected chi connectivity index (χ3v) is 2.13. The van der Waals surface area contributed by atoms with E-state index >= 15 is 0 Å². The summed E-state index contributed by atoms with van der Waals surface area (Å²) in [7, 11) is 1.82. The van der Waals surface area contributed by atoms with Gasteiger partial charge in [0.25, 0.3) is 0 Å². The first-order valence-corrected chi connectivity index (χ1v) is 5.83. The molecule has 0 aliphatic rings. The van der Waals surface area contributed by atoms with Gasteiger partial charge in [0.05, 0.1) is 11.8 Å². The topological polar surface area (TPSA) is 50.4 Å². The van der Waals surface area contributed by atoms with Crippen molar-refractivity contribution in [2.45, 2.75) is 26.4 Å². The van der Waals surface area contributed by atoms with Crippen LogP contribution in [0.2, 0.25) is 0 Å². The van der Waals surface area contributed by atoms with Crippen molar-refractivity contribution in [3.63, 3.8) is 0 Å². The van der Waals surface area contributed by atoms with Gasteiger partial charge in [0.2, 0.25) is 5.91 Å². The SMILES string of the molecule is CNCCC(=O)Nc1ccccc1OC(C)C. The van der Waals surface area contributed by atoms with Gasteiger partial charge < -0.3 is 15.4 Å². The normalized spacial score (nSPS) is 10.4. The number of hydrogen-bond acceptors (Lipinski definition) is 3. The molecular weight excluding hydrogens is 216 g/mol. The molecule has 0 radical (unpaired) electrons. The van der Waals surface area contributed by atoms with Crippen molar-refractivity contribution in [3.8, 4) is 5.75 Å². The fraction of sp³-hybridized carbons (Fsp3) is 0.462. The van der Waals surface area contributed by atoms with E-state index in [1.54, 1.807) is 0 Å². The Balaban J connectivity index is 2.66. The summed E-state index contributed by atoms with van der Waals surface area (Å²) in [6.07, 6.45) is 0.539. The summed E-state index contributed by atoms with van der Waals surface area (Å²) in [6.45, 7) is 4.58. The summed E-state index contributed by atoms with van der Waals surface area (Å²) >= 11 is 0. The molecule has 0 bridgehead atoms. The number of para-hydroxylation sites is 2. The van der Waals surface area contributed by atoms with Crippen LogP contribution in [0.4, 0.5) is 5.69 Å². The van der Waals surface area contributed by atoms with Gasteiger partial charge in [0.1, 0.15) is 5.75 Å². The average molecular weight is 236 g/mol. The molecule has 1 rings (SSSR count). The lowest BCUT2D eigenvalue weighted by Crippen LogP contribution is -2.19. The van der Waals surface area contributed by atoms with E-state index in [-0.39, 0.29) is 12.0 Å². The molecule has 2 N–H and O–H groups in total. The molecule has 0 spiro atoms. The zero-order chi connectivity index (χ0) is 12.7. The fourth-order valence-corrected chi connectivity index (χ4v) is 1.38. The summed E-state index contributed by atoms with van der Waals surface area (Å²) in [5.41, 5.74) is 0.724. The van der Waals surface area contributed by atoms with Gasteiger partial charge in [-0.15, -0.1) is 0 Å². The van der Waals surface area contributed by atoms with E-state index in [9.17, 15) is 4.79 Å². The molecule has 0 saturated heterocycles. The number of carbonyl (C=O) groups excluding carboxylic acids is 1. The number of nitrogens with one attached hydrogen (secondary N) is 2. The van der Waals surface area contributed by atoms with E-state index in [1.807, 2.05) is 45.2 Å². The van der Waals surface area contributed by atoms with Gasteiger partial charge in [-0.2, -0.15) is 0 Å². The zero-order valence-electron chi connectivity index (χ0n) is 10.6. The molecule has 0 fully saturated rings. The molecule has 17 heavy (non-hydrogen) atoms. The Morgan fingerprint density at radius 2 is 2.06 bits per heavy atom. The van der Waals surface area contributed by atoms with Gasteiger partial charge in [-0.25, -0.2) is 0 Å². The van der Waals surface area contributed by atoms with Crippen molar-refractivity contribution in [3.05, 3.63) is 24.3 Å². The highest BCUT2D eigenvalue weighted by molar-refractivity contribution is 5.92. The summed E-state index contributed by atoms with van der Waals surface area (Å²) < 4.78 is 5.62. The third-order valence-electron chi connectivity index (χ3n) is 2.13. The Morgan fingerprint density at radius 3 is 2.71 bits per heavy atom. The van der Waals surface area contributed by atoms with Crippen LogP contribution in [0.15, 0.2) is 24.3 Å². The summed E-state index contributed by atoms with van der Waals surface area (Å²) in [6, 6.07) is 7.46. The molecule has 0 atom stereocenters. The molecule has 0 aliphatic carbocycles. The minimum atomic E-state index is -0.0147. The van der Waals surface area contributed by atoms with E-state index < -0.39 is 0 Å². The standard InChI is InChI=1S/C13H20N2O2/c1-10(2)17-12-7-5-4-6-11(12)15-13(16)8-9-14-3/h4-7,10,14H,8-9H2,1-3H3,(H,15,16). The highest BCUT2D eigenvalue weighted by Crippen LogP contribution is 2.24. The first-order valence-electron chi connectivity index (χ1n) is 5.83. The number of benzene rings is 1. The monoisotopic (exact) mass is 236 g/mol. The van der Waals surface area contributed by atoms with Crippen molar-refractivity contribution in [2.24, 2.45) is 0 Å². The highest BCUT2D eigenvalue weighted by atomic mass is 16.5. The van der Waals surface area contributed by atoms with Crippen LogP contribution >= 0.6 is 0 Å². The largest absolute Gasteiger partial charge is 0.489 e. The number of amides is 1. The minimum Gasteiger partial charge on any atom is -0.489 e. The Kier molecular flexibility index (Phi) is 5.49. The molecule has 1 aromatic carbocycles. The number of anilines is 1. The molecule has 0 aliphatic heterocycles. The average Bonchev–Trinajstić information content (AvgIpc) is 2.28. The van der Waals surface area contributed by atoms with Crippen LogP contribution in [-0.2, 0) is 4.79 Å². The van der Waals surface area contributed by atoms with Crippen molar-refractivity contribution in [1.82, 2.24) is 5.32 Å². The quantitative estimate of drug-likeness (QED) is 0.794. The maximum Gasteiger partial charge on any atom is 0.225 e. The predicted molar refractivity (Wildman–Crippen MR) is 69.4 cm³/mol. The number of hydrogen-bond donors (Lipinski definition) is 2. The summed E-state index contributed by atoms with van der Waals surface area (Å²) in [5.74, 6) is 0.694. The van der Waals surface area contributed by atoms with E-state index in [1.165, 1.54) is 0 Å². The lowest BCUT2D eigenvalue weighted by Gasteiger charge is -2.14. The van der Waals surface area contributed by atoms with Crippen molar-refractivity contribution < 1.29 is 9.53 Å². The van der Waals surface area contributed by atoms with Gasteiger partial charge in [-0.05, 0) is 33.0 Å². The second-order valence-corrected chi connectivity index (χ2v) is 4.06. The lowest BCUT2D eigenvalue weighted by atomic mass is 10.2. The van der Waals surface area contributed by atoms with Crippen LogP contribution in [-0.4, -0.2) is 25.6 Å². The van der Waals surface area contributed by atoms with E-state index in [2.05, 4.69) is 10.6 Å². The highest BCUT2D eigenvalue weighted by Gasteiger charge is 2.07. The molecule has 4 heteroatoms. The Bertz CT molecular complexity index is 364. The number of ether oxygens (including phenoxy) is 1. The van der Waals surface area contributed by atoms with Crippen molar-refractivity contribution in [2.75, 3.05) is 18.9 Å². The molecule has 0 saturated carbocycles. The summed E-state index contributed by atoms with van der Waals surface area (Å²) in [5, 5.41) is 5.79. The molecule has 0 aromatic heterocycles. The Labute approximate surface area is 102 Å². The predicted octanol–water partition coefficient (Wildman–Crippen LogP) is 2.02. The molecular formula is C13H20N2O2. The van der Waals surface area contributed by atoms with Crippen LogP contribution in [0.3, 0.4) is 0 Å². The van der Waals surface area contributed by atoms with Gasteiger partial charge in [0.15, 0.2) is 0 Å². The fourth-order valence-electron chi connectivity index (χ4n) is 1.38. The first-order chi connectivity index (χ1) is 8.13. The molecule has 94 valence electrons. The van der Waals surface area contributed by atoms with Gasteiger partial charge in [0, 0.05) is 13.0 Å². The lowest BCUT2D eigenvalue weighted by molar-refractivity contribution is -0.116. The van der Waals surface area contributed by atoms with Crippen molar-refractivity contribution in [1.29, 1.82) is 0 Å². The molecule has 4 nitrogen and oxygen atoms in total. The zero-order valence-corrected chi connectivity index (χ0v) is 10.6. The van der Waals surface area contributed by atoms with Crippen LogP contribution in [0, 0.1) is 0 Å². The van der Waals surface area contributed by atoms with Crippen LogP contribution in [0.1, 0.15) is 20.3 Å².